The number of rotatable bonds is 9. The Labute approximate surface area is 164 Å². The number of amides is 1. The third kappa shape index (κ3) is 7.85. The van der Waals surface area contributed by atoms with Crippen LogP contribution >= 0.6 is 47.9 Å². The van der Waals surface area contributed by atoms with Crippen molar-refractivity contribution in [1.82, 2.24) is 15.6 Å². The maximum absolute atomic E-state index is 12.3. The fraction of sp³-hybridized carbons (Fsp3) is 0.375. The molecule has 0 fully saturated rings. The zero-order valence-electron chi connectivity index (χ0n) is 13.5. The van der Waals surface area contributed by atoms with Crippen molar-refractivity contribution in [1.29, 1.82) is 0 Å². The number of nitrogens with one attached hydrogen (secondary N) is 2. The van der Waals surface area contributed by atoms with E-state index in [0.717, 1.165) is 41.4 Å². The van der Waals surface area contributed by atoms with Crippen molar-refractivity contribution >= 4 is 53.8 Å². The van der Waals surface area contributed by atoms with Crippen LogP contribution in [0.1, 0.15) is 29.4 Å². The highest BCUT2D eigenvalue weighted by Crippen LogP contribution is 2.26. The summed E-state index contributed by atoms with van der Waals surface area (Å²) in [6.07, 6.45) is 1.10. The number of halogens is 2. The van der Waals surface area contributed by atoms with Crippen LogP contribution in [0.3, 0.4) is 0 Å². The highest BCUT2D eigenvalue weighted by Gasteiger charge is 2.11. The second-order valence-corrected chi connectivity index (χ2v) is 6.51. The molecule has 4 nitrogen and oxygen atoms in total. The smallest absolute Gasteiger partial charge is 0.252 e. The Kier molecular flexibility index (Phi) is 13.1. The Morgan fingerprint density at radius 2 is 2.00 bits per heavy atom. The van der Waals surface area contributed by atoms with E-state index < -0.39 is 0 Å². The van der Waals surface area contributed by atoms with E-state index >= 15 is 0 Å². The van der Waals surface area contributed by atoms with Crippen molar-refractivity contribution in [2.45, 2.75) is 24.0 Å². The Morgan fingerprint density at radius 1 is 1.21 bits per heavy atom. The van der Waals surface area contributed by atoms with Gasteiger partial charge in [0.05, 0.1) is 16.8 Å². The maximum atomic E-state index is 12.3. The van der Waals surface area contributed by atoms with E-state index in [1.54, 1.807) is 23.1 Å². The van der Waals surface area contributed by atoms with Gasteiger partial charge in [-0.2, -0.15) is 0 Å². The molecule has 0 aliphatic heterocycles. The van der Waals surface area contributed by atoms with E-state index in [1.807, 2.05) is 35.2 Å². The average Bonchev–Trinajstić information content (AvgIpc) is 3.06. The van der Waals surface area contributed by atoms with Gasteiger partial charge in [-0.25, -0.2) is 4.98 Å². The van der Waals surface area contributed by atoms with E-state index in [1.165, 1.54) is 0 Å². The van der Waals surface area contributed by atoms with Crippen LogP contribution in [0.2, 0.25) is 0 Å². The molecular formula is C16H23Cl2N3OS2. The fourth-order valence-corrected chi connectivity index (χ4v) is 3.52. The van der Waals surface area contributed by atoms with Crippen LogP contribution in [0.15, 0.2) is 40.1 Å². The summed E-state index contributed by atoms with van der Waals surface area (Å²) in [5.41, 5.74) is 3.62. The average molecular weight is 408 g/mol. The number of carbonyl (C=O) groups is 1. The minimum atomic E-state index is -0.0142. The predicted octanol–water partition coefficient (Wildman–Crippen LogP) is 4.01. The molecular weight excluding hydrogens is 385 g/mol. The number of thiazole rings is 1. The van der Waals surface area contributed by atoms with Crippen molar-refractivity contribution in [3.63, 3.8) is 0 Å². The number of carbonyl (C=O) groups excluding carboxylic acids is 1. The molecule has 0 atom stereocenters. The van der Waals surface area contributed by atoms with Gasteiger partial charge in [0.15, 0.2) is 0 Å². The second kappa shape index (κ2) is 13.5. The standard InChI is InChI=1S/C16H21N3OS2.2ClH/c1-2-7-17-8-9-18-16(20)14-5-3-4-6-15(14)22-11-13-10-21-12-19-13;;/h3-6,10,12,17H,2,7-9,11H2,1H3,(H,18,20);2*1H. The normalized spacial score (nSPS) is 9.71. The number of aromatic nitrogens is 1. The first-order chi connectivity index (χ1) is 10.8. The molecule has 1 aromatic heterocycles. The minimum Gasteiger partial charge on any atom is -0.351 e. The van der Waals surface area contributed by atoms with Crippen molar-refractivity contribution in [2.75, 3.05) is 19.6 Å². The summed E-state index contributed by atoms with van der Waals surface area (Å²) in [7, 11) is 0. The van der Waals surface area contributed by atoms with Gasteiger partial charge in [-0.05, 0) is 25.1 Å². The molecule has 0 aliphatic carbocycles. The molecule has 2 aromatic rings. The highest BCUT2D eigenvalue weighted by molar-refractivity contribution is 7.98. The molecule has 2 rings (SSSR count). The topological polar surface area (TPSA) is 54.0 Å². The monoisotopic (exact) mass is 407 g/mol. The first kappa shape index (κ1) is 23.2. The van der Waals surface area contributed by atoms with Gasteiger partial charge in [0.1, 0.15) is 0 Å². The zero-order chi connectivity index (χ0) is 15.6. The maximum Gasteiger partial charge on any atom is 0.252 e. The van der Waals surface area contributed by atoms with Gasteiger partial charge < -0.3 is 10.6 Å². The van der Waals surface area contributed by atoms with E-state index in [4.69, 9.17) is 0 Å². The lowest BCUT2D eigenvalue weighted by molar-refractivity contribution is 0.0951. The van der Waals surface area contributed by atoms with Crippen LogP contribution in [0, 0.1) is 0 Å². The van der Waals surface area contributed by atoms with Crippen LogP contribution in [0.5, 0.6) is 0 Å². The van der Waals surface area contributed by atoms with Crippen LogP contribution in [-0.4, -0.2) is 30.5 Å². The summed E-state index contributed by atoms with van der Waals surface area (Å²) in [4.78, 5) is 17.6. The molecule has 0 unspecified atom stereocenters. The SMILES string of the molecule is CCCNCCNC(=O)c1ccccc1SCc1cscn1.Cl.Cl. The summed E-state index contributed by atoms with van der Waals surface area (Å²) in [5, 5.41) is 8.27. The summed E-state index contributed by atoms with van der Waals surface area (Å²) < 4.78 is 0. The molecule has 134 valence electrons. The van der Waals surface area contributed by atoms with Gasteiger partial charge in [-0.3, -0.25) is 4.79 Å². The molecule has 2 N–H and O–H groups in total. The lowest BCUT2D eigenvalue weighted by Gasteiger charge is -2.10. The molecule has 0 bridgehead atoms. The second-order valence-electron chi connectivity index (χ2n) is 4.77. The summed E-state index contributed by atoms with van der Waals surface area (Å²) >= 11 is 3.24. The minimum absolute atomic E-state index is 0. The fourth-order valence-electron chi connectivity index (χ4n) is 1.90. The van der Waals surface area contributed by atoms with Gasteiger partial charge in [0, 0.05) is 29.1 Å². The van der Waals surface area contributed by atoms with E-state index in [9.17, 15) is 4.79 Å². The molecule has 1 aromatic carbocycles. The number of benzene rings is 1. The van der Waals surface area contributed by atoms with Crippen molar-refractivity contribution < 1.29 is 4.79 Å². The van der Waals surface area contributed by atoms with Crippen LogP contribution < -0.4 is 10.6 Å². The Morgan fingerprint density at radius 3 is 2.71 bits per heavy atom. The third-order valence-corrected chi connectivity index (χ3v) is 4.75. The van der Waals surface area contributed by atoms with E-state index in [2.05, 4.69) is 22.5 Å². The van der Waals surface area contributed by atoms with Gasteiger partial charge in [-0.1, -0.05) is 19.1 Å². The van der Waals surface area contributed by atoms with Crippen molar-refractivity contribution in [3.05, 3.63) is 46.4 Å². The number of hydrogen-bond acceptors (Lipinski definition) is 5. The Bertz CT molecular complexity index is 582. The van der Waals surface area contributed by atoms with Crippen LogP contribution in [0.25, 0.3) is 0 Å². The van der Waals surface area contributed by atoms with E-state index in [-0.39, 0.29) is 30.7 Å². The number of nitrogens with zero attached hydrogens (tertiary/aromatic N) is 1. The van der Waals surface area contributed by atoms with E-state index in [0.29, 0.717) is 6.54 Å². The highest BCUT2D eigenvalue weighted by atomic mass is 35.5. The summed E-state index contributed by atoms with van der Waals surface area (Å²) in [5.74, 6) is 0.769. The summed E-state index contributed by atoms with van der Waals surface area (Å²) in [6, 6.07) is 7.72. The first-order valence-corrected chi connectivity index (χ1v) is 9.32. The third-order valence-electron chi connectivity index (χ3n) is 3.00. The Balaban J connectivity index is 0.00000264. The molecule has 1 heterocycles. The largest absolute Gasteiger partial charge is 0.351 e. The molecule has 0 spiro atoms. The molecule has 0 aliphatic rings. The molecule has 24 heavy (non-hydrogen) atoms. The molecule has 0 saturated carbocycles. The lowest BCUT2D eigenvalue weighted by atomic mass is 10.2. The molecule has 0 radical (unpaired) electrons. The van der Waals surface area contributed by atoms with Crippen LogP contribution in [-0.2, 0) is 5.75 Å². The van der Waals surface area contributed by atoms with Crippen molar-refractivity contribution in [3.8, 4) is 0 Å². The molecule has 1 amide bonds. The molecule has 8 heteroatoms. The first-order valence-electron chi connectivity index (χ1n) is 7.39. The van der Waals surface area contributed by atoms with Gasteiger partial charge in [-0.15, -0.1) is 47.9 Å². The van der Waals surface area contributed by atoms with Crippen LogP contribution in [0.4, 0.5) is 0 Å². The van der Waals surface area contributed by atoms with Gasteiger partial charge in [0.25, 0.3) is 5.91 Å². The summed E-state index contributed by atoms with van der Waals surface area (Å²) in [6.45, 7) is 4.55. The predicted molar refractivity (Wildman–Crippen MR) is 108 cm³/mol. The molecule has 0 saturated heterocycles. The van der Waals surface area contributed by atoms with Crippen molar-refractivity contribution in [2.24, 2.45) is 0 Å². The number of hydrogen-bond donors (Lipinski definition) is 2. The Hall–Kier alpha value is -0.790. The van der Waals surface area contributed by atoms with Gasteiger partial charge >= 0.3 is 0 Å². The lowest BCUT2D eigenvalue weighted by Crippen LogP contribution is -2.32. The van der Waals surface area contributed by atoms with Gasteiger partial charge in [0.2, 0.25) is 0 Å². The number of thioether (sulfide) groups is 1. The zero-order valence-corrected chi connectivity index (χ0v) is 16.8. The quantitative estimate of drug-likeness (QED) is 0.486.